The van der Waals surface area contributed by atoms with Crippen molar-refractivity contribution in [1.29, 1.82) is 0 Å². The molecule has 90 valence electrons. The molecule has 0 aliphatic rings. The fraction of sp³-hybridized carbons (Fsp3) is 0.500. The molecule has 1 amide bonds. The average Bonchev–Trinajstić information content (AvgIpc) is 2.64. The van der Waals surface area contributed by atoms with Crippen LogP contribution in [0.25, 0.3) is 0 Å². The molecule has 0 saturated carbocycles. The zero-order valence-electron chi connectivity index (χ0n) is 9.11. The molecule has 1 aromatic heterocycles. The van der Waals surface area contributed by atoms with Crippen LogP contribution in [0.2, 0.25) is 0 Å². The summed E-state index contributed by atoms with van der Waals surface area (Å²) in [5, 5.41) is 0. The van der Waals surface area contributed by atoms with Gasteiger partial charge in [0.1, 0.15) is 12.4 Å². The Kier molecular flexibility index (Phi) is 5.51. The zero-order chi connectivity index (χ0) is 12.0. The number of furan rings is 1. The Balaban J connectivity index is 2.34. The minimum Gasteiger partial charge on any atom is -0.452 e. The zero-order valence-corrected chi connectivity index (χ0v) is 10.7. The van der Waals surface area contributed by atoms with E-state index in [1.165, 1.54) is 0 Å². The first kappa shape index (κ1) is 13.2. The summed E-state index contributed by atoms with van der Waals surface area (Å²) in [6, 6.07) is 3.60. The van der Waals surface area contributed by atoms with Crippen molar-refractivity contribution in [3.05, 3.63) is 22.6 Å². The smallest absolute Gasteiger partial charge is 0.248 e. The first-order chi connectivity index (χ1) is 7.63. The SMILES string of the molecule is CN(Cc1ccc(Br)o1)C(=O)COCCN. The number of nitrogens with zero attached hydrogens (tertiary/aromatic N) is 1. The van der Waals surface area contributed by atoms with E-state index in [-0.39, 0.29) is 12.5 Å². The largest absolute Gasteiger partial charge is 0.452 e. The van der Waals surface area contributed by atoms with Gasteiger partial charge in [0.05, 0.1) is 13.2 Å². The molecule has 0 saturated heterocycles. The van der Waals surface area contributed by atoms with Gasteiger partial charge in [-0.05, 0) is 28.1 Å². The van der Waals surface area contributed by atoms with Crippen molar-refractivity contribution in [3.8, 4) is 0 Å². The minimum atomic E-state index is -0.0963. The van der Waals surface area contributed by atoms with Crippen molar-refractivity contribution in [1.82, 2.24) is 4.90 Å². The number of carbonyl (C=O) groups is 1. The van der Waals surface area contributed by atoms with Crippen molar-refractivity contribution in [2.45, 2.75) is 6.54 Å². The van der Waals surface area contributed by atoms with Gasteiger partial charge in [0.15, 0.2) is 4.67 Å². The van der Waals surface area contributed by atoms with Gasteiger partial charge in [-0.25, -0.2) is 0 Å². The van der Waals surface area contributed by atoms with E-state index in [0.717, 1.165) is 5.76 Å². The molecule has 5 nitrogen and oxygen atoms in total. The van der Waals surface area contributed by atoms with Gasteiger partial charge in [-0.3, -0.25) is 4.79 Å². The van der Waals surface area contributed by atoms with Crippen LogP contribution < -0.4 is 5.73 Å². The van der Waals surface area contributed by atoms with Crippen LogP contribution in [0, 0.1) is 0 Å². The first-order valence-electron chi connectivity index (χ1n) is 4.89. The maximum absolute atomic E-state index is 11.5. The van der Waals surface area contributed by atoms with Gasteiger partial charge < -0.3 is 19.8 Å². The Hall–Kier alpha value is -0.850. The second-order valence-corrected chi connectivity index (χ2v) is 4.08. The maximum atomic E-state index is 11.5. The molecule has 0 aromatic carbocycles. The summed E-state index contributed by atoms with van der Waals surface area (Å²) in [5.74, 6) is 0.627. The molecule has 0 spiro atoms. The molecule has 6 heteroatoms. The molecule has 16 heavy (non-hydrogen) atoms. The first-order valence-corrected chi connectivity index (χ1v) is 5.68. The van der Waals surface area contributed by atoms with Crippen LogP contribution in [0.1, 0.15) is 5.76 Å². The lowest BCUT2D eigenvalue weighted by Crippen LogP contribution is -2.30. The van der Waals surface area contributed by atoms with Gasteiger partial charge >= 0.3 is 0 Å². The number of hydrogen-bond donors (Lipinski definition) is 1. The topological polar surface area (TPSA) is 68.7 Å². The van der Waals surface area contributed by atoms with E-state index in [2.05, 4.69) is 15.9 Å². The lowest BCUT2D eigenvalue weighted by atomic mass is 10.4. The van der Waals surface area contributed by atoms with Crippen molar-refractivity contribution < 1.29 is 13.9 Å². The number of rotatable bonds is 6. The molecule has 2 N–H and O–H groups in total. The highest BCUT2D eigenvalue weighted by Gasteiger charge is 2.11. The second kappa shape index (κ2) is 6.67. The highest BCUT2D eigenvalue weighted by Crippen LogP contribution is 2.15. The number of amides is 1. The van der Waals surface area contributed by atoms with Crippen molar-refractivity contribution in [2.24, 2.45) is 5.73 Å². The molecule has 0 unspecified atom stereocenters. The van der Waals surface area contributed by atoms with Crippen LogP contribution in [0.5, 0.6) is 0 Å². The number of carbonyl (C=O) groups excluding carboxylic acids is 1. The number of ether oxygens (including phenoxy) is 1. The van der Waals surface area contributed by atoms with E-state index >= 15 is 0 Å². The monoisotopic (exact) mass is 290 g/mol. The normalized spacial score (nSPS) is 10.4. The highest BCUT2D eigenvalue weighted by molar-refractivity contribution is 9.10. The minimum absolute atomic E-state index is 0.0512. The summed E-state index contributed by atoms with van der Waals surface area (Å²) in [6.45, 7) is 1.29. The molecule has 0 radical (unpaired) electrons. The fourth-order valence-corrected chi connectivity index (χ4v) is 1.45. The van der Waals surface area contributed by atoms with Gasteiger partial charge in [-0.1, -0.05) is 0 Å². The Morgan fingerprint density at radius 2 is 2.38 bits per heavy atom. The van der Waals surface area contributed by atoms with Crippen LogP contribution in [0.3, 0.4) is 0 Å². The van der Waals surface area contributed by atoms with E-state index in [1.807, 2.05) is 6.07 Å². The van der Waals surface area contributed by atoms with E-state index < -0.39 is 0 Å². The number of hydrogen-bond acceptors (Lipinski definition) is 4. The van der Waals surface area contributed by atoms with Crippen LogP contribution in [-0.2, 0) is 16.1 Å². The Morgan fingerprint density at radius 3 is 2.94 bits per heavy atom. The number of halogens is 1. The Bertz CT molecular complexity index is 341. The van der Waals surface area contributed by atoms with Gasteiger partial charge in [-0.2, -0.15) is 0 Å². The summed E-state index contributed by atoms with van der Waals surface area (Å²) in [5.41, 5.74) is 5.25. The van der Waals surface area contributed by atoms with Crippen LogP contribution in [0.4, 0.5) is 0 Å². The number of likely N-dealkylation sites (N-methyl/N-ethyl adjacent to an activating group) is 1. The summed E-state index contributed by atoms with van der Waals surface area (Å²) < 4.78 is 11.0. The molecule has 1 heterocycles. The van der Waals surface area contributed by atoms with Crippen LogP contribution in [0.15, 0.2) is 21.2 Å². The summed E-state index contributed by atoms with van der Waals surface area (Å²) in [4.78, 5) is 13.1. The van der Waals surface area contributed by atoms with Crippen molar-refractivity contribution >= 4 is 21.8 Å². The summed E-state index contributed by atoms with van der Waals surface area (Å²) in [6.07, 6.45) is 0. The molecular weight excluding hydrogens is 276 g/mol. The molecule has 0 aliphatic heterocycles. The average molecular weight is 291 g/mol. The predicted octanol–water partition coefficient (Wildman–Crippen LogP) is 0.976. The molecule has 0 fully saturated rings. The van der Waals surface area contributed by atoms with Gasteiger partial charge in [-0.15, -0.1) is 0 Å². The molecule has 1 rings (SSSR count). The predicted molar refractivity (Wildman–Crippen MR) is 62.8 cm³/mol. The number of nitrogens with two attached hydrogens (primary N) is 1. The lowest BCUT2D eigenvalue weighted by Gasteiger charge is -2.15. The molecular formula is C10H15BrN2O3. The lowest BCUT2D eigenvalue weighted by molar-refractivity contribution is -0.135. The fourth-order valence-electron chi connectivity index (χ4n) is 1.11. The Morgan fingerprint density at radius 1 is 1.62 bits per heavy atom. The van der Waals surface area contributed by atoms with Gasteiger partial charge in [0, 0.05) is 13.6 Å². The molecule has 0 atom stereocenters. The third-order valence-electron chi connectivity index (χ3n) is 1.94. The van der Waals surface area contributed by atoms with E-state index in [4.69, 9.17) is 14.9 Å². The second-order valence-electron chi connectivity index (χ2n) is 3.30. The van der Waals surface area contributed by atoms with Crippen molar-refractivity contribution in [2.75, 3.05) is 26.8 Å². The highest BCUT2D eigenvalue weighted by atomic mass is 79.9. The third kappa shape index (κ3) is 4.34. The van der Waals surface area contributed by atoms with Gasteiger partial charge in [0.25, 0.3) is 0 Å². The van der Waals surface area contributed by atoms with E-state index in [1.54, 1.807) is 18.0 Å². The third-order valence-corrected chi connectivity index (χ3v) is 2.36. The quantitative estimate of drug-likeness (QED) is 0.793. The van der Waals surface area contributed by atoms with E-state index in [9.17, 15) is 4.79 Å². The molecule has 0 bridgehead atoms. The van der Waals surface area contributed by atoms with Crippen LogP contribution >= 0.6 is 15.9 Å². The van der Waals surface area contributed by atoms with E-state index in [0.29, 0.717) is 24.4 Å². The molecule has 0 aliphatic carbocycles. The van der Waals surface area contributed by atoms with Crippen LogP contribution in [-0.4, -0.2) is 37.6 Å². The summed E-state index contributed by atoms with van der Waals surface area (Å²) in [7, 11) is 1.70. The summed E-state index contributed by atoms with van der Waals surface area (Å²) >= 11 is 3.20. The Labute approximate surface area is 103 Å². The maximum Gasteiger partial charge on any atom is 0.248 e. The van der Waals surface area contributed by atoms with Gasteiger partial charge in [0.2, 0.25) is 5.91 Å². The standard InChI is InChI=1S/C10H15BrN2O3/c1-13(10(14)7-15-5-4-12)6-8-2-3-9(11)16-8/h2-3H,4-7,12H2,1H3. The van der Waals surface area contributed by atoms with Crippen molar-refractivity contribution in [3.63, 3.8) is 0 Å². The molecule has 1 aromatic rings.